The maximum atomic E-state index is 10.1. The topological polar surface area (TPSA) is 165 Å². The average Bonchev–Trinajstić information content (AvgIpc) is 2.72. The van der Waals surface area contributed by atoms with E-state index in [1.807, 2.05) is 6.07 Å². The lowest BCUT2D eigenvalue weighted by Gasteiger charge is -2.29. The van der Waals surface area contributed by atoms with Crippen molar-refractivity contribution >= 4 is 17.9 Å². The molecular weight excluding hydrogens is 430 g/mol. The van der Waals surface area contributed by atoms with E-state index >= 15 is 0 Å². The van der Waals surface area contributed by atoms with Crippen molar-refractivity contribution < 1.29 is 44.8 Å². The lowest BCUT2D eigenvalue weighted by molar-refractivity contribution is -0.861. The average molecular weight is 459 g/mol. The van der Waals surface area contributed by atoms with Crippen molar-refractivity contribution in [3.05, 3.63) is 60.2 Å². The molecular formula is C24H29NO8-2. The van der Waals surface area contributed by atoms with Crippen LogP contribution in [0.25, 0.3) is 11.1 Å². The first-order valence-electron chi connectivity index (χ1n) is 10.4. The zero-order chi connectivity index (χ0) is 25.0. The van der Waals surface area contributed by atoms with Gasteiger partial charge in [-0.3, -0.25) is 0 Å². The van der Waals surface area contributed by atoms with Crippen molar-refractivity contribution in [1.82, 2.24) is 0 Å². The lowest BCUT2D eigenvalue weighted by Crippen LogP contribution is -3.07. The lowest BCUT2D eigenvalue weighted by atomic mass is 9.96. The van der Waals surface area contributed by atoms with Crippen molar-refractivity contribution in [2.24, 2.45) is 0 Å². The summed E-state index contributed by atoms with van der Waals surface area (Å²) in [6.45, 7) is 0.799. The molecule has 0 aliphatic heterocycles. The molecule has 0 saturated carbocycles. The number of hydrogen-bond acceptors (Lipinski definition) is 8. The Kier molecular flexibility index (Phi) is 11.2. The van der Waals surface area contributed by atoms with Crippen LogP contribution in [0.1, 0.15) is 24.8 Å². The minimum atomic E-state index is -2.97. The molecule has 2 rings (SSSR count). The summed E-state index contributed by atoms with van der Waals surface area (Å²) >= 11 is 0. The minimum absolute atomic E-state index is 0.233. The Hall–Kier alpha value is -3.27. The number of carboxylic acids is 3. The van der Waals surface area contributed by atoms with Crippen LogP contribution in [0.4, 0.5) is 0 Å². The fraction of sp³-hybridized carbons (Fsp3) is 0.375. The maximum absolute atomic E-state index is 10.1. The van der Waals surface area contributed by atoms with Crippen molar-refractivity contribution in [1.29, 1.82) is 0 Å². The zero-order valence-corrected chi connectivity index (χ0v) is 18.7. The zero-order valence-electron chi connectivity index (χ0n) is 18.7. The number of carbonyl (C=O) groups excluding carboxylic acids is 3. The standard InChI is InChI=1S/C18H23NO.C6H8O7/c1-19(2)14-17(20)13-12-16-10-6-7-11-18(16)15-8-4-3-5-9-15;7-3(8)1-6(13,5(11)12)2-4(9)10/h3-11,17,20H,12-14H2,1-2H3;13H,1-2H2,(H,7,8)(H,9,10)(H,11,12)/p-2. The highest BCUT2D eigenvalue weighted by atomic mass is 16.4. The number of aliphatic carboxylic acids is 3. The van der Waals surface area contributed by atoms with E-state index in [1.165, 1.54) is 21.6 Å². The van der Waals surface area contributed by atoms with Crippen molar-refractivity contribution in [3.63, 3.8) is 0 Å². The second-order valence-electron chi connectivity index (χ2n) is 8.04. The number of aliphatic hydroxyl groups excluding tert-OH is 1. The van der Waals surface area contributed by atoms with Crippen LogP contribution in [-0.4, -0.2) is 60.5 Å². The van der Waals surface area contributed by atoms with Gasteiger partial charge in [0.05, 0.1) is 20.1 Å². The summed E-state index contributed by atoms with van der Waals surface area (Å²) < 4.78 is 0. The summed E-state index contributed by atoms with van der Waals surface area (Å²) in [6.07, 6.45) is -1.22. The molecule has 0 aliphatic carbocycles. The molecule has 0 amide bonds. The van der Waals surface area contributed by atoms with Gasteiger partial charge in [0.2, 0.25) is 0 Å². The first-order chi connectivity index (χ1) is 15.4. The Balaban J connectivity index is 0.000000366. The van der Waals surface area contributed by atoms with Crippen LogP contribution in [0.3, 0.4) is 0 Å². The van der Waals surface area contributed by atoms with E-state index in [-0.39, 0.29) is 6.10 Å². The number of likely N-dealkylation sites (N-methyl/N-ethyl adjacent to an activating group) is 1. The molecule has 1 atom stereocenters. The van der Waals surface area contributed by atoms with Gasteiger partial charge in [-0.15, -0.1) is 0 Å². The van der Waals surface area contributed by atoms with E-state index in [0.717, 1.165) is 19.4 Å². The van der Waals surface area contributed by atoms with E-state index in [1.54, 1.807) is 0 Å². The highest BCUT2D eigenvalue weighted by Crippen LogP contribution is 2.24. The number of quaternary nitrogens is 1. The Morgan fingerprint density at radius 2 is 1.42 bits per heavy atom. The molecule has 0 saturated heterocycles. The highest BCUT2D eigenvalue weighted by Gasteiger charge is 2.29. The summed E-state index contributed by atoms with van der Waals surface area (Å²) in [5, 5.41) is 48.9. The van der Waals surface area contributed by atoms with Gasteiger partial charge >= 0.3 is 0 Å². The third kappa shape index (κ3) is 10.3. The summed E-state index contributed by atoms with van der Waals surface area (Å²) in [7, 11) is 4.14. The summed E-state index contributed by atoms with van der Waals surface area (Å²) in [4.78, 5) is 31.3. The van der Waals surface area contributed by atoms with Gasteiger partial charge in [0.15, 0.2) is 0 Å². The molecule has 0 spiro atoms. The quantitative estimate of drug-likeness (QED) is 0.312. The molecule has 1 unspecified atom stereocenters. The predicted molar refractivity (Wildman–Crippen MR) is 113 cm³/mol. The first-order valence-corrected chi connectivity index (χ1v) is 10.4. The highest BCUT2D eigenvalue weighted by molar-refractivity contribution is 5.86. The van der Waals surface area contributed by atoms with Crippen molar-refractivity contribution in [2.75, 3.05) is 20.6 Å². The number of nitrogens with one attached hydrogen (secondary N) is 1. The number of carbonyl (C=O) groups is 3. The van der Waals surface area contributed by atoms with Crippen molar-refractivity contribution in [2.45, 2.75) is 37.4 Å². The monoisotopic (exact) mass is 459 g/mol. The van der Waals surface area contributed by atoms with Crippen LogP contribution in [0.2, 0.25) is 0 Å². The van der Waals surface area contributed by atoms with Crippen LogP contribution in [0, 0.1) is 0 Å². The molecule has 3 N–H and O–H groups in total. The molecule has 0 aliphatic rings. The SMILES string of the molecule is C[NH+](C)CC(O)CCc1ccccc1-c1ccccc1.O=C([O-])CC(O)(CC(=O)[O-])C(=O)[O-]. The molecule has 180 valence electrons. The molecule has 0 bridgehead atoms. The fourth-order valence-electron chi connectivity index (χ4n) is 3.22. The van der Waals surface area contributed by atoms with Crippen LogP contribution in [0.15, 0.2) is 54.6 Å². The summed E-state index contributed by atoms with van der Waals surface area (Å²) in [5.41, 5.74) is 0.859. The fourth-order valence-corrected chi connectivity index (χ4v) is 3.22. The van der Waals surface area contributed by atoms with E-state index in [0.29, 0.717) is 0 Å². The molecule has 2 aromatic carbocycles. The second kappa shape index (κ2) is 13.3. The van der Waals surface area contributed by atoms with Crippen LogP contribution >= 0.6 is 0 Å². The Morgan fingerprint density at radius 3 is 1.91 bits per heavy atom. The van der Waals surface area contributed by atoms with Crippen LogP contribution < -0.4 is 20.2 Å². The summed E-state index contributed by atoms with van der Waals surface area (Å²) in [6, 6.07) is 18.9. The van der Waals surface area contributed by atoms with Gasteiger partial charge in [-0.2, -0.15) is 0 Å². The third-order valence-electron chi connectivity index (χ3n) is 4.75. The minimum Gasteiger partial charge on any atom is -0.550 e. The number of benzene rings is 2. The Bertz CT molecular complexity index is 898. The largest absolute Gasteiger partial charge is 0.550 e. The number of carboxylic acid groups (broad SMARTS) is 3. The Labute approximate surface area is 192 Å². The van der Waals surface area contributed by atoms with Crippen LogP contribution in [0.5, 0.6) is 0 Å². The number of rotatable bonds is 11. The van der Waals surface area contributed by atoms with Gasteiger partial charge in [-0.1, -0.05) is 54.6 Å². The van der Waals surface area contributed by atoms with E-state index in [9.17, 15) is 34.8 Å². The molecule has 0 radical (unpaired) electrons. The van der Waals surface area contributed by atoms with E-state index in [4.69, 9.17) is 5.11 Å². The van der Waals surface area contributed by atoms with Gasteiger partial charge in [0, 0.05) is 24.8 Å². The molecule has 9 nitrogen and oxygen atoms in total. The number of aryl methyl sites for hydroxylation is 1. The molecule has 0 fully saturated rings. The maximum Gasteiger partial charge on any atom is 0.114 e. The second-order valence-corrected chi connectivity index (χ2v) is 8.04. The Morgan fingerprint density at radius 1 is 0.909 bits per heavy atom. The van der Waals surface area contributed by atoms with E-state index in [2.05, 4.69) is 62.6 Å². The number of hydrogen-bond donors (Lipinski definition) is 3. The summed E-state index contributed by atoms with van der Waals surface area (Å²) in [5.74, 6) is -5.98. The molecule has 0 aromatic heterocycles. The normalized spacial score (nSPS) is 11.9. The van der Waals surface area contributed by atoms with Gasteiger partial charge in [-0.05, 0) is 29.5 Å². The molecule has 2 aromatic rings. The van der Waals surface area contributed by atoms with Gasteiger partial charge < -0.3 is 44.8 Å². The van der Waals surface area contributed by atoms with Gasteiger partial charge in [0.25, 0.3) is 0 Å². The van der Waals surface area contributed by atoms with Gasteiger partial charge in [-0.25, -0.2) is 0 Å². The van der Waals surface area contributed by atoms with E-state index < -0.39 is 36.4 Å². The molecule has 33 heavy (non-hydrogen) atoms. The first kappa shape index (κ1) is 27.8. The van der Waals surface area contributed by atoms with Crippen LogP contribution in [-0.2, 0) is 20.8 Å². The number of aliphatic hydroxyl groups is 2. The van der Waals surface area contributed by atoms with Crippen molar-refractivity contribution in [3.8, 4) is 11.1 Å². The molecule has 0 heterocycles. The third-order valence-corrected chi connectivity index (χ3v) is 4.75. The smallest absolute Gasteiger partial charge is 0.114 e. The molecule has 9 heteroatoms. The van der Waals surface area contributed by atoms with Gasteiger partial charge in [0.1, 0.15) is 18.2 Å². The predicted octanol–water partition coefficient (Wildman–Crippen LogP) is -3.46.